The molecule has 0 saturated carbocycles. The van der Waals surface area contributed by atoms with E-state index in [0.717, 1.165) is 28.3 Å². The van der Waals surface area contributed by atoms with Crippen molar-refractivity contribution in [3.05, 3.63) is 301 Å². The molecule has 0 radical (unpaired) electrons. The fourth-order valence-electron chi connectivity index (χ4n) is 11.8. The number of fused-ring (bicyclic) bond motifs is 8. The number of hydrogen-bond acceptors (Lipinski definition) is 1. The molecule has 14 rings (SSSR count). The van der Waals surface area contributed by atoms with Crippen LogP contribution < -0.4 is 4.90 Å². The van der Waals surface area contributed by atoms with Crippen LogP contribution in [-0.2, 0) is 5.41 Å². The van der Waals surface area contributed by atoms with Gasteiger partial charge in [-0.3, -0.25) is 0 Å². The van der Waals surface area contributed by atoms with Crippen molar-refractivity contribution in [2.45, 2.75) is 5.41 Å². The summed E-state index contributed by atoms with van der Waals surface area (Å²) in [7, 11) is 0. The zero-order valence-corrected chi connectivity index (χ0v) is 39.0. The van der Waals surface area contributed by atoms with E-state index < -0.39 is 5.41 Å². The molecule has 13 aromatic rings. The topological polar surface area (TPSA) is 8.17 Å². The second-order valence-corrected chi connectivity index (χ2v) is 18.8. The van der Waals surface area contributed by atoms with Crippen LogP contribution in [0.3, 0.4) is 0 Å². The first kappa shape index (κ1) is 40.8. The van der Waals surface area contributed by atoms with Crippen LogP contribution in [0, 0.1) is 0 Å². The van der Waals surface area contributed by atoms with Crippen LogP contribution in [-0.4, -0.2) is 4.57 Å². The molecule has 0 spiro atoms. The summed E-state index contributed by atoms with van der Waals surface area (Å²) in [6, 6.07) is 103. The van der Waals surface area contributed by atoms with E-state index in [-0.39, 0.29) is 0 Å². The van der Waals surface area contributed by atoms with Gasteiger partial charge in [0.05, 0.1) is 22.1 Å². The SMILES string of the molecule is c1ccc(-n2c3ccccc3c3cc(-c4ccc(N(c5cccc(-c6ccc7cc8ccccc8cc7c6)c5)c5cccc6c5-c5ccccc5C6(c5ccccc5)c5ccccc5)cc4)ccc32)cc1. The lowest BCUT2D eigenvalue weighted by Gasteiger charge is -2.34. The summed E-state index contributed by atoms with van der Waals surface area (Å²) < 4.78 is 2.38. The largest absolute Gasteiger partial charge is 0.310 e. The number of hydrogen-bond donors (Lipinski definition) is 0. The van der Waals surface area contributed by atoms with Gasteiger partial charge in [0.25, 0.3) is 0 Å². The average Bonchev–Trinajstić information content (AvgIpc) is 3.94. The molecule has 332 valence electrons. The molecule has 2 heteroatoms. The molecular formula is C69H46N2. The number of para-hydroxylation sites is 2. The van der Waals surface area contributed by atoms with Crippen molar-refractivity contribution in [2.75, 3.05) is 4.90 Å². The van der Waals surface area contributed by atoms with Crippen LogP contribution in [0.1, 0.15) is 22.3 Å². The van der Waals surface area contributed by atoms with E-state index in [4.69, 9.17) is 0 Å². The Labute approximate surface area is 413 Å². The highest BCUT2D eigenvalue weighted by molar-refractivity contribution is 6.10. The van der Waals surface area contributed by atoms with Gasteiger partial charge in [0.2, 0.25) is 0 Å². The lowest BCUT2D eigenvalue weighted by atomic mass is 9.68. The van der Waals surface area contributed by atoms with Gasteiger partial charge in [-0.2, -0.15) is 0 Å². The maximum atomic E-state index is 2.49. The van der Waals surface area contributed by atoms with Gasteiger partial charge in [0, 0.05) is 33.4 Å². The first-order valence-electron chi connectivity index (χ1n) is 24.6. The van der Waals surface area contributed by atoms with Crippen molar-refractivity contribution in [1.82, 2.24) is 4.57 Å². The standard InChI is InChI=1S/C69H46N2/c1-4-21-55(22-5-1)69(56-23-6-2-7-24-56)63-30-14-12-29-61(63)68-64(69)31-17-33-67(68)70(59-27-16-20-50(45-59)51-34-35-52-42-48-18-10-11-19-49(48)43-54(52)44-51)58-39-36-47(37-40-58)53-38-41-66-62(46-53)60-28-13-15-32-65(60)71(66)57-25-8-3-9-26-57/h1-46H. The predicted molar refractivity (Wildman–Crippen MR) is 299 cm³/mol. The van der Waals surface area contributed by atoms with Gasteiger partial charge in [-0.25, -0.2) is 0 Å². The van der Waals surface area contributed by atoms with Crippen LogP contribution in [0.25, 0.3) is 82.4 Å². The van der Waals surface area contributed by atoms with Crippen LogP contribution in [0.2, 0.25) is 0 Å². The monoisotopic (exact) mass is 902 g/mol. The van der Waals surface area contributed by atoms with Gasteiger partial charge < -0.3 is 9.47 Å². The smallest absolute Gasteiger partial charge is 0.0714 e. The highest BCUT2D eigenvalue weighted by atomic mass is 15.1. The first-order chi connectivity index (χ1) is 35.2. The Bertz CT molecular complexity index is 4110. The maximum absolute atomic E-state index is 2.49. The molecule has 1 aliphatic rings. The molecule has 0 N–H and O–H groups in total. The summed E-state index contributed by atoms with van der Waals surface area (Å²) in [5.41, 5.74) is 18.6. The molecule has 71 heavy (non-hydrogen) atoms. The Morgan fingerprint density at radius 2 is 0.873 bits per heavy atom. The summed E-state index contributed by atoms with van der Waals surface area (Å²) in [4.78, 5) is 2.49. The molecule has 0 bridgehead atoms. The summed E-state index contributed by atoms with van der Waals surface area (Å²) in [5.74, 6) is 0. The predicted octanol–water partition coefficient (Wildman–Crippen LogP) is 18.3. The second-order valence-electron chi connectivity index (χ2n) is 18.8. The van der Waals surface area contributed by atoms with Gasteiger partial charge in [-0.1, -0.05) is 200 Å². The van der Waals surface area contributed by atoms with E-state index in [0.29, 0.717) is 0 Å². The van der Waals surface area contributed by atoms with E-state index in [1.807, 2.05) is 0 Å². The minimum absolute atomic E-state index is 0.528. The van der Waals surface area contributed by atoms with Crippen LogP contribution in [0.5, 0.6) is 0 Å². The fourth-order valence-corrected chi connectivity index (χ4v) is 11.8. The highest BCUT2D eigenvalue weighted by Gasteiger charge is 2.47. The van der Waals surface area contributed by atoms with E-state index in [1.54, 1.807) is 0 Å². The van der Waals surface area contributed by atoms with E-state index in [1.165, 1.54) is 93.4 Å². The Morgan fingerprint density at radius 3 is 1.65 bits per heavy atom. The minimum atomic E-state index is -0.528. The van der Waals surface area contributed by atoms with E-state index >= 15 is 0 Å². The molecule has 12 aromatic carbocycles. The van der Waals surface area contributed by atoms with Crippen molar-refractivity contribution in [3.63, 3.8) is 0 Å². The third-order valence-electron chi connectivity index (χ3n) is 15.0. The molecule has 1 aliphatic carbocycles. The van der Waals surface area contributed by atoms with Crippen LogP contribution in [0.15, 0.2) is 279 Å². The Hall–Kier alpha value is -9.24. The molecular weight excluding hydrogens is 857 g/mol. The number of nitrogens with zero attached hydrogens (tertiary/aromatic N) is 2. The zero-order valence-electron chi connectivity index (χ0n) is 39.0. The summed E-state index contributed by atoms with van der Waals surface area (Å²) in [6.45, 7) is 0. The maximum Gasteiger partial charge on any atom is 0.0714 e. The Kier molecular flexibility index (Phi) is 9.47. The Balaban J connectivity index is 0.957. The Morgan fingerprint density at radius 1 is 0.310 bits per heavy atom. The highest BCUT2D eigenvalue weighted by Crippen LogP contribution is 2.59. The molecule has 0 amide bonds. The fraction of sp³-hybridized carbons (Fsp3) is 0.0145. The van der Waals surface area contributed by atoms with Gasteiger partial charge in [0.15, 0.2) is 0 Å². The second kappa shape index (κ2) is 16.5. The minimum Gasteiger partial charge on any atom is -0.310 e. The van der Waals surface area contributed by atoms with E-state index in [2.05, 4.69) is 289 Å². The lowest BCUT2D eigenvalue weighted by molar-refractivity contribution is 0.768. The average molecular weight is 903 g/mol. The van der Waals surface area contributed by atoms with Gasteiger partial charge in [-0.05, 0) is 150 Å². The van der Waals surface area contributed by atoms with Gasteiger partial charge in [0.1, 0.15) is 0 Å². The summed E-state index contributed by atoms with van der Waals surface area (Å²) >= 11 is 0. The van der Waals surface area contributed by atoms with Crippen molar-refractivity contribution >= 4 is 60.4 Å². The third kappa shape index (κ3) is 6.49. The van der Waals surface area contributed by atoms with Crippen molar-refractivity contribution in [1.29, 1.82) is 0 Å². The van der Waals surface area contributed by atoms with Gasteiger partial charge in [-0.15, -0.1) is 0 Å². The molecule has 1 aromatic heterocycles. The van der Waals surface area contributed by atoms with Crippen LogP contribution >= 0.6 is 0 Å². The van der Waals surface area contributed by atoms with Crippen molar-refractivity contribution < 1.29 is 0 Å². The van der Waals surface area contributed by atoms with Crippen molar-refractivity contribution in [3.8, 4) is 39.1 Å². The molecule has 0 fully saturated rings. The number of aromatic nitrogens is 1. The number of rotatable bonds is 8. The normalized spacial score (nSPS) is 12.6. The first-order valence-corrected chi connectivity index (χ1v) is 24.6. The molecule has 0 saturated heterocycles. The molecule has 0 unspecified atom stereocenters. The summed E-state index contributed by atoms with van der Waals surface area (Å²) in [5, 5.41) is 7.47. The van der Waals surface area contributed by atoms with Crippen LogP contribution in [0.4, 0.5) is 17.1 Å². The lowest BCUT2D eigenvalue weighted by Crippen LogP contribution is -2.28. The van der Waals surface area contributed by atoms with Gasteiger partial charge >= 0.3 is 0 Å². The number of anilines is 3. The zero-order chi connectivity index (χ0) is 46.9. The molecule has 0 atom stereocenters. The van der Waals surface area contributed by atoms with Crippen molar-refractivity contribution in [2.24, 2.45) is 0 Å². The number of benzene rings is 12. The molecule has 1 heterocycles. The van der Waals surface area contributed by atoms with E-state index in [9.17, 15) is 0 Å². The summed E-state index contributed by atoms with van der Waals surface area (Å²) in [6.07, 6.45) is 0. The quantitative estimate of drug-likeness (QED) is 0.138. The molecule has 0 aliphatic heterocycles. The molecule has 2 nitrogen and oxygen atoms in total. The third-order valence-corrected chi connectivity index (χ3v) is 15.0.